The first-order valence-electron chi connectivity index (χ1n) is 5.58. The minimum atomic E-state index is 0.995. The molecule has 0 spiro atoms. The maximum atomic E-state index is 4.64. The molecule has 17 heavy (non-hydrogen) atoms. The van der Waals surface area contributed by atoms with Crippen molar-refractivity contribution in [1.29, 1.82) is 0 Å². The van der Waals surface area contributed by atoms with Crippen LogP contribution in [0.25, 0.3) is 10.9 Å². The van der Waals surface area contributed by atoms with Crippen molar-refractivity contribution in [3.05, 3.63) is 35.5 Å². The Labute approximate surface area is 106 Å². The van der Waals surface area contributed by atoms with E-state index in [9.17, 15) is 0 Å². The van der Waals surface area contributed by atoms with Crippen LogP contribution in [0.4, 0.5) is 5.69 Å². The molecule has 0 aliphatic rings. The molecule has 0 aliphatic carbocycles. The second kappa shape index (κ2) is 4.88. The fraction of sp³-hybridized carbons (Fsp3) is 0.286. The summed E-state index contributed by atoms with van der Waals surface area (Å²) in [5, 5.41) is 2.25. The van der Waals surface area contributed by atoms with Gasteiger partial charge in [0.15, 0.2) is 0 Å². The number of pyridine rings is 1. The van der Waals surface area contributed by atoms with Gasteiger partial charge < -0.3 is 0 Å². The van der Waals surface area contributed by atoms with Crippen LogP contribution in [-0.4, -0.2) is 16.3 Å². The molecule has 88 valence electrons. The molecule has 0 bridgehead atoms. The van der Waals surface area contributed by atoms with Crippen LogP contribution in [-0.2, 0) is 0 Å². The van der Waals surface area contributed by atoms with Crippen LogP contribution in [0.3, 0.4) is 0 Å². The third kappa shape index (κ3) is 2.34. The summed E-state index contributed by atoms with van der Waals surface area (Å²) in [6.45, 7) is 6.16. The minimum Gasteiger partial charge on any atom is -0.251 e. The molecule has 0 saturated heterocycles. The summed E-state index contributed by atoms with van der Waals surface area (Å²) in [4.78, 5) is 9.25. The summed E-state index contributed by atoms with van der Waals surface area (Å²) < 4.78 is 0. The molecule has 2 nitrogen and oxygen atoms in total. The van der Waals surface area contributed by atoms with Crippen LogP contribution >= 0.6 is 11.8 Å². The van der Waals surface area contributed by atoms with Gasteiger partial charge in [0.25, 0.3) is 0 Å². The number of nitrogens with zero attached hydrogens (tertiary/aromatic N) is 2. The number of para-hydroxylation sites is 1. The number of hydrogen-bond donors (Lipinski definition) is 0. The molecule has 1 heterocycles. The van der Waals surface area contributed by atoms with Crippen molar-refractivity contribution in [3.8, 4) is 0 Å². The first-order valence-corrected chi connectivity index (χ1v) is 6.81. The van der Waals surface area contributed by atoms with E-state index in [-0.39, 0.29) is 0 Å². The minimum absolute atomic E-state index is 0.995. The predicted octanol–water partition coefficient (Wildman–Crippen LogP) is 4.26. The summed E-state index contributed by atoms with van der Waals surface area (Å²) in [7, 11) is 0. The number of hydrogen-bond acceptors (Lipinski definition) is 3. The fourth-order valence-electron chi connectivity index (χ4n) is 1.89. The van der Waals surface area contributed by atoms with Crippen molar-refractivity contribution < 1.29 is 0 Å². The summed E-state index contributed by atoms with van der Waals surface area (Å²) in [5.41, 5.74) is 4.26. The Kier molecular flexibility index (Phi) is 3.48. The van der Waals surface area contributed by atoms with Crippen LogP contribution in [0, 0.1) is 13.8 Å². The number of benzene rings is 1. The average molecular weight is 244 g/mol. The average Bonchev–Trinajstić information content (AvgIpc) is 2.34. The largest absolute Gasteiger partial charge is 0.251 e. The second-order valence-electron chi connectivity index (χ2n) is 4.02. The molecule has 3 heteroatoms. The number of thioether (sulfide) groups is 1. The Balaban J connectivity index is 2.72. The van der Waals surface area contributed by atoms with Gasteiger partial charge in [0.2, 0.25) is 0 Å². The van der Waals surface area contributed by atoms with Crippen molar-refractivity contribution in [2.45, 2.75) is 20.8 Å². The second-order valence-corrected chi connectivity index (χ2v) is 5.02. The van der Waals surface area contributed by atoms with Gasteiger partial charge in [0.05, 0.1) is 21.9 Å². The lowest BCUT2D eigenvalue weighted by Gasteiger charge is -2.09. The predicted molar refractivity (Wildman–Crippen MR) is 77.5 cm³/mol. The van der Waals surface area contributed by atoms with E-state index in [2.05, 4.69) is 23.0 Å². The van der Waals surface area contributed by atoms with Gasteiger partial charge in [-0.15, -0.1) is 11.8 Å². The fourth-order valence-corrected chi connectivity index (χ4v) is 2.07. The monoisotopic (exact) mass is 244 g/mol. The number of aromatic nitrogens is 1. The molecule has 1 aromatic carbocycles. The van der Waals surface area contributed by atoms with E-state index < -0.39 is 0 Å². The van der Waals surface area contributed by atoms with E-state index in [1.54, 1.807) is 11.8 Å². The van der Waals surface area contributed by atoms with Gasteiger partial charge in [-0.1, -0.05) is 18.2 Å². The summed E-state index contributed by atoms with van der Waals surface area (Å²) >= 11 is 1.66. The maximum Gasteiger partial charge on any atom is 0.0887 e. The Hall–Kier alpha value is -1.35. The molecule has 0 unspecified atom stereocenters. The molecule has 0 atom stereocenters. The van der Waals surface area contributed by atoms with Crippen LogP contribution in [0.15, 0.2) is 29.3 Å². The summed E-state index contributed by atoms with van der Waals surface area (Å²) in [6.07, 6.45) is 2.04. The van der Waals surface area contributed by atoms with Crippen LogP contribution in [0.5, 0.6) is 0 Å². The highest BCUT2D eigenvalue weighted by Crippen LogP contribution is 2.29. The summed E-state index contributed by atoms with van der Waals surface area (Å²) in [5.74, 6) is 0. The molecular weight excluding hydrogens is 228 g/mol. The van der Waals surface area contributed by atoms with E-state index in [4.69, 9.17) is 0 Å². The molecule has 0 saturated carbocycles. The Bertz CT molecular complexity index is 588. The van der Waals surface area contributed by atoms with Crippen molar-refractivity contribution in [2.24, 2.45) is 4.99 Å². The Morgan fingerprint density at radius 2 is 1.94 bits per heavy atom. The lowest BCUT2D eigenvalue weighted by atomic mass is 10.1. The number of aliphatic imine (C=N–C) groups is 1. The molecule has 2 aromatic rings. The van der Waals surface area contributed by atoms with Crippen LogP contribution in [0.1, 0.15) is 18.2 Å². The SMILES string of the molecule is CSC(C)=Nc1c(C)nc2ccccc2c1C. The van der Waals surface area contributed by atoms with Gasteiger partial charge in [0, 0.05) is 5.39 Å². The maximum absolute atomic E-state index is 4.64. The Morgan fingerprint density at radius 1 is 1.24 bits per heavy atom. The van der Waals surface area contributed by atoms with Gasteiger partial charge in [-0.05, 0) is 38.7 Å². The molecule has 0 radical (unpaired) electrons. The van der Waals surface area contributed by atoms with E-state index in [1.807, 2.05) is 38.3 Å². The molecule has 0 N–H and O–H groups in total. The first kappa shape index (κ1) is 12.1. The van der Waals surface area contributed by atoms with E-state index in [1.165, 1.54) is 10.9 Å². The quantitative estimate of drug-likeness (QED) is 0.553. The first-order chi connectivity index (χ1) is 8.13. The van der Waals surface area contributed by atoms with E-state index >= 15 is 0 Å². The molecule has 2 rings (SSSR count). The zero-order valence-electron chi connectivity index (χ0n) is 10.6. The highest BCUT2D eigenvalue weighted by atomic mass is 32.2. The van der Waals surface area contributed by atoms with Gasteiger partial charge >= 0.3 is 0 Å². The smallest absolute Gasteiger partial charge is 0.0887 e. The molecule has 0 fully saturated rings. The molecule has 0 aliphatic heterocycles. The van der Waals surface area contributed by atoms with Crippen molar-refractivity contribution >= 4 is 33.4 Å². The van der Waals surface area contributed by atoms with Gasteiger partial charge in [-0.2, -0.15) is 0 Å². The lowest BCUT2D eigenvalue weighted by Crippen LogP contribution is -1.91. The topological polar surface area (TPSA) is 25.2 Å². The zero-order valence-corrected chi connectivity index (χ0v) is 11.4. The number of aryl methyl sites for hydroxylation is 2. The number of rotatable bonds is 1. The highest BCUT2D eigenvalue weighted by molar-refractivity contribution is 8.13. The van der Waals surface area contributed by atoms with Gasteiger partial charge in [0.1, 0.15) is 0 Å². The molecule has 1 aromatic heterocycles. The van der Waals surface area contributed by atoms with Crippen molar-refractivity contribution in [1.82, 2.24) is 4.98 Å². The van der Waals surface area contributed by atoms with E-state index in [0.29, 0.717) is 0 Å². The third-order valence-electron chi connectivity index (χ3n) is 2.86. The van der Waals surface area contributed by atoms with Crippen molar-refractivity contribution in [3.63, 3.8) is 0 Å². The van der Waals surface area contributed by atoms with Crippen LogP contribution in [0.2, 0.25) is 0 Å². The third-order valence-corrected chi connectivity index (χ3v) is 3.54. The zero-order chi connectivity index (χ0) is 12.4. The van der Waals surface area contributed by atoms with Gasteiger partial charge in [-0.25, -0.2) is 4.99 Å². The molecular formula is C14H16N2S. The van der Waals surface area contributed by atoms with Crippen LogP contribution < -0.4 is 0 Å². The van der Waals surface area contributed by atoms with E-state index in [0.717, 1.165) is 21.9 Å². The standard InChI is InChI=1S/C14H16N2S/c1-9-12-7-5-6-8-13(12)15-10(2)14(9)16-11(3)17-4/h5-8H,1-4H3. The number of fused-ring (bicyclic) bond motifs is 1. The summed E-state index contributed by atoms with van der Waals surface area (Å²) in [6, 6.07) is 8.21. The Morgan fingerprint density at radius 3 is 2.65 bits per heavy atom. The molecule has 0 amide bonds. The van der Waals surface area contributed by atoms with Gasteiger partial charge in [-0.3, -0.25) is 4.98 Å². The van der Waals surface area contributed by atoms with Crippen molar-refractivity contribution in [2.75, 3.05) is 6.26 Å². The normalized spacial score (nSPS) is 12.1. The highest BCUT2D eigenvalue weighted by Gasteiger charge is 2.08. The lowest BCUT2D eigenvalue weighted by molar-refractivity contribution is 1.21.